The summed E-state index contributed by atoms with van der Waals surface area (Å²) in [7, 11) is 0. The minimum atomic E-state index is -0.335. The number of likely N-dealkylation sites (tertiary alicyclic amines) is 1. The molecule has 28 heavy (non-hydrogen) atoms. The number of benzene rings is 2. The van der Waals surface area contributed by atoms with Gasteiger partial charge in [0, 0.05) is 25.4 Å². The van der Waals surface area contributed by atoms with E-state index in [1.165, 1.54) is 6.07 Å². The quantitative estimate of drug-likeness (QED) is 0.704. The molecule has 0 N–H and O–H groups in total. The summed E-state index contributed by atoms with van der Waals surface area (Å²) in [6.07, 6.45) is 1.43. The maximum absolute atomic E-state index is 14.5. The predicted molar refractivity (Wildman–Crippen MR) is 105 cm³/mol. The van der Waals surface area contributed by atoms with Gasteiger partial charge in [-0.15, -0.1) is 0 Å². The number of piperidine rings is 1. The molecule has 5 heteroatoms. The summed E-state index contributed by atoms with van der Waals surface area (Å²) in [5, 5.41) is 0. The van der Waals surface area contributed by atoms with E-state index in [0.29, 0.717) is 38.1 Å². The molecule has 2 aromatic rings. The van der Waals surface area contributed by atoms with E-state index >= 15 is 0 Å². The first kappa shape index (κ1) is 20.1. The van der Waals surface area contributed by atoms with Gasteiger partial charge in [-0.3, -0.25) is 9.59 Å². The number of amides is 1. The SMILES string of the molecule is CCOC(=O)C1CCN(C(=O)C[C@H](c2ccccc2)c2ccccc2F)CC1. The van der Waals surface area contributed by atoms with Gasteiger partial charge in [0.1, 0.15) is 5.82 Å². The highest BCUT2D eigenvalue weighted by Crippen LogP contribution is 2.31. The Bertz CT molecular complexity index is 801. The number of carbonyl (C=O) groups excluding carboxylic acids is 2. The van der Waals surface area contributed by atoms with Crippen LogP contribution in [0.1, 0.15) is 43.2 Å². The Morgan fingerprint density at radius 3 is 2.36 bits per heavy atom. The number of hydrogen-bond acceptors (Lipinski definition) is 3. The second kappa shape index (κ2) is 9.49. The largest absolute Gasteiger partial charge is 0.466 e. The highest BCUT2D eigenvalue weighted by molar-refractivity contribution is 5.78. The van der Waals surface area contributed by atoms with Crippen LogP contribution >= 0.6 is 0 Å². The Hall–Kier alpha value is -2.69. The van der Waals surface area contributed by atoms with Crippen LogP contribution in [-0.2, 0) is 14.3 Å². The van der Waals surface area contributed by atoms with Crippen LogP contribution in [-0.4, -0.2) is 36.5 Å². The van der Waals surface area contributed by atoms with Gasteiger partial charge in [0.25, 0.3) is 0 Å². The van der Waals surface area contributed by atoms with E-state index in [-0.39, 0.29) is 36.0 Å². The minimum Gasteiger partial charge on any atom is -0.466 e. The molecule has 0 bridgehead atoms. The van der Waals surface area contributed by atoms with E-state index in [1.807, 2.05) is 30.3 Å². The van der Waals surface area contributed by atoms with Crippen LogP contribution in [0.3, 0.4) is 0 Å². The van der Waals surface area contributed by atoms with E-state index in [0.717, 1.165) is 5.56 Å². The Morgan fingerprint density at radius 2 is 1.71 bits per heavy atom. The van der Waals surface area contributed by atoms with E-state index in [2.05, 4.69) is 0 Å². The maximum Gasteiger partial charge on any atom is 0.309 e. The molecule has 1 fully saturated rings. The van der Waals surface area contributed by atoms with Crippen molar-refractivity contribution in [1.29, 1.82) is 0 Å². The lowest BCUT2D eigenvalue weighted by Gasteiger charge is -2.32. The molecular formula is C23H26FNO3. The Balaban J connectivity index is 1.71. The number of ether oxygens (including phenoxy) is 1. The molecule has 4 nitrogen and oxygen atoms in total. The van der Waals surface area contributed by atoms with E-state index < -0.39 is 0 Å². The first-order valence-electron chi connectivity index (χ1n) is 9.84. The second-order valence-electron chi connectivity index (χ2n) is 7.10. The van der Waals surface area contributed by atoms with Crippen LogP contribution in [0, 0.1) is 11.7 Å². The lowest BCUT2D eigenvalue weighted by atomic mass is 9.87. The van der Waals surface area contributed by atoms with Crippen molar-refractivity contribution in [2.45, 2.75) is 32.1 Å². The monoisotopic (exact) mass is 383 g/mol. The van der Waals surface area contributed by atoms with Gasteiger partial charge in [0.2, 0.25) is 5.91 Å². The average molecular weight is 383 g/mol. The van der Waals surface area contributed by atoms with Crippen LogP contribution in [0.4, 0.5) is 4.39 Å². The molecule has 0 radical (unpaired) electrons. The molecule has 1 amide bonds. The number of hydrogen-bond donors (Lipinski definition) is 0. The molecule has 148 valence electrons. The molecule has 2 aromatic carbocycles. The standard InChI is InChI=1S/C23H26FNO3/c1-2-28-23(27)18-12-14-25(15-13-18)22(26)16-20(17-8-4-3-5-9-17)19-10-6-7-11-21(19)24/h3-11,18,20H,2,12-16H2,1H3/t20-/m1/s1. The minimum absolute atomic E-state index is 0.0144. The summed E-state index contributed by atoms with van der Waals surface area (Å²) in [6.45, 7) is 3.23. The summed E-state index contributed by atoms with van der Waals surface area (Å²) in [5.41, 5.74) is 1.45. The number of halogens is 1. The zero-order valence-electron chi connectivity index (χ0n) is 16.1. The predicted octanol–water partition coefficient (Wildman–Crippen LogP) is 4.15. The van der Waals surface area contributed by atoms with E-state index in [1.54, 1.807) is 30.0 Å². The van der Waals surface area contributed by atoms with Crippen LogP contribution in [0.15, 0.2) is 54.6 Å². The van der Waals surface area contributed by atoms with Crippen LogP contribution in [0.25, 0.3) is 0 Å². The Labute approximate surface area is 165 Å². The maximum atomic E-state index is 14.5. The normalized spacial score (nSPS) is 15.9. The molecule has 0 saturated carbocycles. The highest BCUT2D eigenvalue weighted by atomic mass is 19.1. The first-order chi connectivity index (χ1) is 13.6. The van der Waals surface area contributed by atoms with Crippen molar-refractivity contribution in [3.8, 4) is 0 Å². The number of rotatable bonds is 6. The second-order valence-corrected chi connectivity index (χ2v) is 7.10. The molecule has 0 spiro atoms. The molecule has 0 aliphatic carbocycles. The smallest absolute Gasteiger partial charge is 0.309 e. The van der Waals surface area contributed by atoms with Gasteiger partial charge in [-0.1, -0.05) is 48.5 Å². The number of carbonyl (C=O) groups is 2. The van der Waals surface area contributed by atoms with Gasteiger partial charge >= 0.3 is 5.97 Å². The fourth-order valence-corrected chi connectivity index (χ4v) is 3.78. The van der Waals surface area contributed by atoms with Crippen molar-refractivity contribution in [2.24, 2.45) is 5.92 Å². The topological polar surface area (TPSA) is 46.6 Å². The highest BCUT2D eigenvalue weighted by Gasteiger charge is 2.30. The lowest BCUT2D eigenvalue weighted by Crippen LogP contribution is -2.41. The van der Waals surface area contributed by atoms with Crippen LogP contribution in [0.2, 0.25) is 0 Å². The Morgan fingerprint density at radius 1 is 1.07 bits per heavy atom. The van der Waals surface area contributed by atoms with Crippen molar-refractivity contribution in [1.82, 2.24) is 4.90 Å². The fourth-order valence-electron chi connectivity index (χ4n) is 3.78. The Kier molecular flexibility index (Phi) is 6.80. The molecule has 1 aliphatic heterocycles. The van der Waals surface area contributed by atoms with Gasteiger partial charge in [-0.25, -0.2) is 4.39 Å². The third-order valence-electron chi connectivity index (χ3n) is 5.33. The molecule has 1 aliphatic rings. The van der Waals surface area contributed by atoms with Crippen molar-refractivity contribution < 1.29 is 18.7 Å². The van der Waals surface area contributed by atoms with Crippen molar-refractivity contribution in [3.63, 3.8) is 0 Å². The van der Waals surface area contributed by atoms with Gasteiger partial charge in [-0.05, 0) is 37.0 Å². The molecule has 1 atom stereocenters. The van der Waals surface area contributed by atoms with Crippen molar-refractivity contribution in [3.05, 3.63) is 71.5 Å². The molecule has 1 heterocycles. The zero-order chi connectivity index (χ0) is 19.9. The molecular weight excluding hydrogens is 357 g/mol. The van der Waals surface area contributed by atoms with E-state index in [9.17, 15) is 14.0 Å². The summed E-state index contributed by atoms with van der Waals surface area (Å²) in [4.78, 5) is 26.6. The molecule has 1 saturated heterocycles. The van der Waals surface area contributed by atoms with Crippen molar-refractivity contribution in [2.75, 3.05) is 19.7 Å². The lowest BCUT2D eigenvalue weighted by molar-refractivity contribution is -0.151. The number of nitrogens with zero attached hydrogens (tertiary/aromatic N) is 1. The zero-order valence-corrected chi connectivity index (χ0v) is 16.1. The summed E-state index contributed by atoms with van der Waals surface area (Å²) in [5.74, 6) is -0.967. The fraction of sp³-hybridized carbons (Fsp3) is 0.391. The van der Waals surface area contributed by atoms with E-state index in [4.69, 9.17) is 4.74 Å². The van der Waals surface area contributed by atoms with Crippen molar-refractivity contribution >= 4 is 11.9 Å². The summed E-state index contributed by atoms with van der Waals surface area (Å²) in [6, 6.07) is 16.2. The summed E-state index contributed by atoms with van der Waals surface area (Å²) >= 11 is 0. The molecule has 0 unspecified atom stereocenters. The van der Waals surface area contributed by atoms with Gasteiger partial charge in [0.15, 0.2) is 0 Å². The number of esters is 1. The van der Waals surface area contributed by atoms with Gasteiger partial charge < -0.3 is 9.64 Å². The van der Waals surface area contributed by atoms with Gasteiger partial charge in [-0.2, -0.15) is 0 Å². The first-order valence-corrected chi connectivity index (χ1v) is 9.84. The average Bonchev–Trinajstić information content (AvgIpc) is 2.73. The molecule has 3 rings (SSSR count). The third-order valence-corrected chi connectivity index (χ3v) is 5.33. The third kappa shape index (κ3) is 4.77. The summed E-state index contributed by atoms with van der Waals surface area (Å²) < 4.78 is 19.5. The molecule has 0 aromatic heterocycles. The van der Waals surface area contributed by atoms with Crippen LogP contribution in [0.5, 0.6) is 0 Å². The van der Waals surface area contributed by atoms with Gasteiger partial charge in [0.05, 0.1) is 12.5 Å². The van der Waals surface area contributed by atoms with Crippen LogP contribution < -0.4 is 0 Å².